The molecule has 0 fully saturated rings. The molecule has 1 aromatic carbocycles. The molecule has 0 heterocycles. The Morgan fingerprint density at radius 1 is 1.43 bits per heavy atom. The van der Waals surface area contributed by atoms with Gasteiger partial charge < -0.3 is 10.1 Å². The SMILES string of the molecule is CNC(C)Cc1cccc(OC)c1C. The summed E-state index contributed by atoms with van der Waals surface area (Å²) < 4.78 is 5.28. The molecule has 1 aromatic rings. The van der Waals surface area contributed by atoms with Gasteiger partial charge in [-0.2, -0.15) is 0 Å². The highest BCUT2D eigenvalue weighted by molar-refractivity contribution is 5.39. The fourth-order valence-corrected chi connectivity index (χ4v) is 1.53. The minimum absolute atomic E-state index is 0.501. The highest BCUT2D eigenvalue weighted by atomic mass is 16.5. The van der Waals surface area contributed by atoms with Gasteiger partial charge in [-0.1, -0.05) is 12.1 Å². The Hall–Kier alpha value is -1.02. The van der Waals surface area contributed by atoms with Crippen LogP contribution < -0.4 is 10.1 Å². The van der Waals surface area contributed by atoms with Crippen LogP contribution in [0.2, 0.25) is 0 Å². The third-order valence-corrected chi connectivity index (χ3v) is 2.64. The lowest BCUT2D eigenvalue weighted by Crippen LogP contribution is -2.23. The molecule has 0 aromatic heterocycles. The Balaban J connectivity index is 2.86. The summed E-state index contributed by atoms with van der Waals surface area (Å²) in [6.07, 6.45) is 1.04. The van der Waals surface area contributed by atoms with Crippen LogP contribution in [0.3, 0.4) is 0 Å². The third-order valence-electron chi connectivity index (χ3n) is 2.64. The molecular weight excluding hydrogens is 174 g/mol. The average Bonchev–Trinajstić information content (AvgIpc) is 2.21. The zero-order valence-corrected chi connectivity index (χ0v) is 9.42. The molecule has 0 aliphatic heterocycles. The van der Waals surface area contributed by atoms with Crippen LogP contribution in [0.15, 0.2) is 18.2 Å². The largest absolute Gasteiger partial charge is 0.496 e. The Bertz CT molecular complexity index is 296. The first-order valence-electron chi connectivity index (χ1n) is 4.98. The van der Waals surface area contributed by atoms with Gasteiger partial charge in [0.25, 0.3) is 0 Å². The molecule has 1 atom stereocenters. The summed E-state index contributed by atoms with van der Waals surface area (Å²) in [7, 11) is 3.70. The van der Waals surface area contributed by atoms with Crippen LogP contribution >= 0.6 is 0 Å². The zero-order chi connectivity index (χ0) is 10.6. The predicted octanol–water partition coefficient (Wildman–Crippen LogP) is 2.15. The molecule has 0 amide bonds. The van der Waals surface area contributed by atoms with Crippen LogP contribution in [0.1, 0.15) is 18.1 Å². The lowest BCUT2D eigenvalue weighted by Gasteiger charge is -2.14. The van der Waals surface area contributed by atoms with Crippen molar-refractivity contribution >= 4 is 0 Å². The van der Waals surface area contributed by atoms with E-state index >= 15 is 0 Å². The molecule has 0 saturated heterocycles. The van der Waals surface area contributed by atoms with Crippen molar-refractivity contribution in [3.8, 4) is 5.75 Å². The molecule has 2 nitrogen and oxygen atoms in total. The van der Waals surface area contributed by atoms with Gasteiger partial charge in [-0.15, -0.1) is 0 Å². The van der Waals surface area contributed by atoms with Gasteiger partial charge in [-0.3, -0.25) is 0 Å². The summed E-state index contributed by atoms with van der Waals surface area (Å²) in [6, 6.07) is 6.71. The van der Waals surface area contributed by atoms with Crippen molar-refractivity contribution in [2.75, 3.05) is 14.2 Å². The highest BCUT2D eigenvalue weighted by Crippen LogP contribution is 2.21. The summed E-state index contributed by atoms with van der Waals surface area (Å²) in [4.78, 5) is 0. The lowest BCUT2D eigenvalue weighted by atomic mass is 10.0. The summed E-state index contributed by atoms with van der Waals surface area (Å²) in [5.74, 6) is 0.978. The van der Waals surface area contributed by atoms with Crippen molar-refractivity contribution in [2.24, 2.45) is 0 Å². The average molecular weight is 193 g/mol. The summed E-state index contributed by atoms with van der Waals surface area (Å²) >= 11 is 0. The number of likely N-dealkylation sites (N-methyl/N-ethyl adjacent to an activating group) is 1. The van der Waals surface area contributed by atoms with Crippen molar-refractivity contribution in [1.29, 1.82) is 0 Å². The molecule has 2 heteroatoms. The first-order chi connectivity index (χ1) is 6.69. The molecule has 78 valence electrons. The van der Waals surface area contributed by atoms with Gasteiger partial charge in [-0.05, 0) is 44.5 Å². The number of ether oxygens (including phenoxy) is 1. The Kier molecular flexibility index (Phi) is 3.96. The molecule has 14 heavy (non-hydrogen) atoms. The van der Waals surface area contributed by atoms with Crippen LogP contribution in [0.4, 0.5) is 0 Å². The molecule has 0 saturated carbocycles. The molecule has 0 radical (unpaired) electrons. The molecule has 0 aliphatic carbocycles. The summed E-state index contributed by atoms with van der Waals surface area (Å²) in [6.45, 7) is 4.29. The van der Waals surface area contributed by atoms with Gasteiger partial charge in [0.05, 0.1) is 7.11 Å². The van der Waals surface area contributed by atoms with Gasteiger partial charge in [0.15, 0.2) is 0 Å². The van der Waals surface area contributed by atoms with E-state index in [9.17, 15) is 0 Å². The number of nitrogens with one attached hydrogen (secondary N) is 1. The number of rotatable bonds is 4. The molecule has 1 rings (SSSR count). The molecule has 0 aliphatic rings. The maximum Gasteiger partial charge on any atom is 0.122 e. The van der Waals surface area contributed by atoms with Crippen molar-refractivity contribution in [3.63, 3.8) is 0 Å². The molecule has 1 unspecified atom stereocenters. The van der Waals surface area contributed by atoms with Crippen molar-refractivity contribution in [1.82, 2.24) is 5.32 Å². The number of benzene rings is 1. The van der Waals surface area contributed by atoms with Crippen LogP contribution in [0, 0.1) is 6.92 Å². The van der Waals surface area contributed by atoms with Gasteiger partial charge in [0.1, 0.15) is 5.75 Å². The van der Waals surface area contributed by atoms with Crippen LogP contribution in [-0.4, -0.2) is 20.2 Å². The van der Waals surface area contributed by atoms with E-state index < -0.39 is 0 Å². The van der Waals surface area contributed by atoms with Crippen molar-refractivity contribution in [3.05, 3.63) is 29.3 Å². The first-order valence-corrected chi connectivity index (χ1v) is 4.98. The lowest BCUT2D eigenvalue weighted by molar-refractivity contribution is 0.410. The fourth-order valence-electron chi connectivity index (χ4n) is 1.53. The van der Waals surface area contributed by atoms with E-state index in [-0.39, 0.29) is 0 Å². The summed E-state index contributed by atoms with van der Waals surface area (Å²) in [5.41, 5.74) is 2.60. The van der Waals surface area contributed by atoms with E-state index in [0.29, 0.717) is 6.04 Å². The third kappa shape index (κ3) is 2.48. The van der Waals surface area contributed by atoms with Crippen LogP contribution in [0.5, 0.6) is 5.75 Å². The molecule has 0 bridgehead atoms. The van der Waals surface area contributed by atoms with E-state index in [1.807, 2.05) is 19.2 Å². The van der Waals surface area contributed by atoms with Crippen molar-refractivity contribution < 1.29 is 4.74 Å². The topological polar surface area (TPSA) is 21.3 Å². The number of hydrogen-bond donors (Lipinski definition) is 1. The summed E-state index contributed by atoms with van der Waals surface area (Å²) in [5, 5.41) is 3.24. The smallest absolute Gasteiger partial charge is 0.122 e. The van der Waals surface area contributed by atoms with Gasteiger partial charge in [-0.25, -0.2) is 0 Å². The van der Waals surface area contributed by atoms with Crippen molar-refractivity contribution in [2.45, 2.75) is 26.3 Å². The number of hydrogen-bond acceptors (Lipinski definition) is 2. The highest BCUT2D eigenvalue weighted by Gasteiger charge is 2.06. The van der Waals surface area contributed by atoms with Gasteiger partial charge in [0.2, 0.25) is 0 Å². The molecular formula is C12H19NO. The minimum atomic E-state index is 0.501. The van der Waals surface area contributed by atoms with E-state index in [4.69, 9.17) is 4.74 Å². The standard InChI is InChI=1S/C12H19NO/c1-9(13-3)8-11-6-5-7-12(14-4)10(11)2/h5-7,9,13H,8H2,1-4H3. The normalized spacial score (nSPS) is 12.6. The molecule has 0 spiro atoms. The number of methoxy groups -OCH3 is 1. The monoisotopic (exact) mass is 193 g/mol. The fraction of sp³-hybridized carbons (Fsp3) is 0.500. The zero-order valence-electron chi connectivity index (χ0n) is 9.42. The quantitative estimate of drug-likeness (QED) is 0.791. The Labute approximate surface area is 86.3 Å². The second kappa shape index (κ2) is 5.01. The second-order valence-electron chi connectivity index (χ2n) is 3.64. The van der Waals surface area contributed by atoms with Crippen LogP contribution in [-0.2, 0) is 6.42 Å². The van der Waals surface area contributed by atoms with E-state index in [1.54, 1.807) is 7.11 Å². The van der Waals surface area contributed by atoms with Crippen LogP contribution in [0.25, 0.3) is 0 Å². The minimum Gasteiger partial charge on any atom is -0.496 e. The first kappa shape index (κ1) is 11.1. The van der Waals surface area contributed by atoms with E-state index in [1.165, 1.54) is 11.1 Å². The Morgan fingerprint density at radius 2 is 2.14 bits per heavy atom. The maximum atomic E-state index is 5.28. The second-order valence-corrected chi connectivity index (χ2v) is 3.64. The van der Waals surface area contributed by atoms with E-state index in [0.717, 1.165) is 12.2 Å². The maximum absolute atomic E-state index is 5.28. The van der Waals surface area contributed by atoms with Gasteiger partial charge >= 0.3 is 0 Å². The predicted molar refractivity (Wildman–Crippen MR) is 60.0 cm³/mol. The van der Waals surface area contributed by atoms with Gasteiger partial charge in [0, 0.05) is 6.04 Å². The molecule has 1 N–H and O–H groups in total. The Morgan fingerprint density at radius 3 is 2.71 bits per heavy atom. The van der Waals surface area contributed by atoms with E-state index in [2.05, 4.69) is 25.2 Å².